The molecular weight excluding hydrogens is 347 g/mol. The summed E-state index contributed by atoms with van der Waals surface area (Å²) in [5, 5.41) is 13.9. The number of nitrogens with zero attached hydrogens (tertiary/aromatic N) is 1. The standard InChI is InChI=1S/C14H10Cl2N2O3S/c15-10-3-1-2-4-13(10)22-8-14(19)17-12-6-5-9(18(20)21)7-11(12)16/h1-7H,8H2,(H,17,19). The Hall–Kier alpha value is -1.76. The Balaban J connectivity index is 1.98. The van der Waals surface area contributed by atoms with Gasteiger partial charge in [-0.1, -0.05) is 35.3 Å². The second kappa shape index (κ2) is 7.49. The molecule has 1 N–H and O–H groups in total. The summed E-state index contributed by atoms with van der Waals surface area (Å²) in [5.41, 5.74) is 0.200. The van der Waals surface area contributed by atoms with Crippen molar-refractivity contribution in [3.63, 3.8) is 0 Å². The molecule has 0 aliphatic heterocycles. The van der Waals surface area contributed by atoms with Crippen molar-refractivity contribution in [2.24, 2.45) is 0 Å². The van der Waals surface area contributed by atoms with Gasteiger partial charge in [0.25, 0.3) is 5.69 Å². The molecule has 2 aromatic rings. The van der Waals surface area contributed by atoms with Crippen molar-refractivity contribution in [1.29, 1.82) is 0 Å². The van der Waals surface area contributed by atoms with E-state index in [0.29, 0.717) is 10.7 Å². The number of nitro benzene ring substituents is 1. The highest BCUT2D eigenvalue weighted by Crippen LogP contribution is 2.28. The number of carbonyl (C=O) groups is 1. The first-order valence-electron chi connectivity index (χ1n) is 6.08. The van der Waals surface area contributed by atoms with Gasteiger partial charge in [0, 0.05) is 17.0 Å². The average Bonchev–Trinajstić information content (AvgIpc) is 2.48. The van der Waals surface area contributed by atoms with E-state index in [0.717, 1.165) is 4.90 Å². The van der Waals surface area contributed by atoms with E-state index in [-0.39, 0.29) is 22.4 Å². The summed E-state index contributed by atoms with van der Waals surface area (Å²) in [6.07, 6.45) is 0. The summed E-state index contributed by atoms with van der Waals surface area (Å²) >= 11 is 13.2. The first-order valence-corrected chi connectivity index (χ1v) is 7.82. The van der Waals surface area contributed by atoms with Gasteiger partial charge in [0.2, 0.25) is 5.91 Å². The van der Waals surface area contributed by atoms with Gasteiger partial charge in [-0.15, -0.1) is 11.8 Å². The fraction of sp³-hybridized carbons (Fsp3) is 0.0714. The molecule has 0 unspecified atom stereocenters. The van der Waals surface area contributed by atoms with Crippen LogP contribution >= 0.6 is 35.0 Å². The maximum atomic E-state index is 11.9. The molecule has 0 aliphatic rings. The van der Waals surface area contributed by atoms with Gasteiger partial charge in [-0.2, -0.15) is 0 Å². The van der Waals surface area contributed by atoms with Gasteiger partial charge in [0.05, 0.1) is 26.4 Å². The molecule has 0 saturated carbocycles. The van der Waals surface area contributed by atoms with E-state index in [4.69, 9.17) is 23.2 Å². The molecule has 0 aliphatic carbocycles. The van der Waals surface area contributed by atoms with Gasteiger partial charge in [-0.05, 0) is 18.2 Å². The Morgan fingerprint density at radius 3 is 2.55 bits per heavy atom. The number of halogens is 2. The van der Waals surface area contributed by atoms with Crippen LogP contribution in [0.5, 0.6) is 0 Å². The summed E-state index contributed by atoms with van der Waals surface area (Å²) in [6, 6.07) is 11.1. The van der Waals surface area contributed by atoms with Crippen LogP contribution in [0.2, 0.25) is 10.0 Å². The number of non-ortho nitro benzene ring substituents is 1. The minimum Gasteiger partial charge on any atom is -0.324 e. The normalized spacial score (nSPS) is 10.3. The molecule has 1 amide bonds. The maximum absolute atomic E-state index is 11.9. The van der Waals surface area contributed by atoms with Crippen LogP contribution in [0.4, 0.5) is 11.4 Å². The molecule has 0 bridgehead atoms. The number of amides is 1. The number of nitro groups is 1. The fourth-order valence-corrected chi connectivity index (χ4v) is 2.87. The molecule has 2 rings (SSSR count). The van der Waals surface area contributed by atoms with Crippen LogP contribution in [-0.4, -0.2) is 16.6 Å². The molecular formula is C14H10Cl2N2O3S. The summed E-state index contributed by atoms with van der Waals surface area (Å²) in [5.74, 6) is -0.127. The highest BCUT2D eigenvalue weighted by atomic mass is 35.5. The molecule has 0 atom stereocenters. The van der Waals surface area contributed by atoms with E-state index in [9.17, 15) is 14.9 Å². The van der Waals surface area contributed by atoms with E-state index in [2.05, 4.69) is 5.32 Å². The molecule has 8 heteroatoms. The van der Waals surface area contributed by atoms with Crippen LogP contribution < -0.4 is 5.32 Å². The maximum Gasteiger partial charge on any atom is 0.271 e. The number of hydrogen-bond acceptors (Lipinski definition) is 4. The zero-order chi connectivity index (χ0) is 16.1. The van der Waals surface area contributed by atoms with Gasteiger partial charge in [-0.3, -0.25) is 14.9 Å². The topological polar surface area (TPSA) is 72.2 Å². The number of nitrogens with one attached hydrogen (secondary N) is 1. The summed E-state index contributed by atoms with van der Waals surface area (Å²) < 4.78 is 0. The van der Waals surface area contributed by atoms with E-state index >= 15 is 0 Å². The quantitative estimate of drug-likeness (QED) is 0.481. The van der Waals surface area contributed by atoms with Crippen molar-refractivity contribution in [2.45, 2.75) is 4.90 Å². The smallest absolute Gasteiger partial charge is 0.271 e. The Morgan fingerprint density at radius 2 is 1.91 bits per heavy atom. The van der Waals surface area contributed by atoms with Crippen molar-refractivity contribution < 1.29 is 9.72 Å². The molecule has 0 heterocycles. The van der Waals surface area contributed by atoms with Gasteiger partial charge < -0.3 is 5.32 Å². The van der Waals surface area contributed by atoms with Crippen molar-refractivity contribution in [1.82, 2.24) is 0 Å². The lowest BCUT2D eigenvalue weighted by Gasteiger charge is -2.07. The highest BCUT2D eigenvalue weighted by Gasteiger charge is 2.12. The van der Waals surface area contributed by atoms with Crippen molar-refractivity contribution >= 4 is 52.2 Å². The minimum absolute atomic E-state index is 0.116. The summed E-state index contributed by atoms with van der Waals surface area (Å²) in [7, 11) is 0. The SMILES string of the molecule is O=C(CSc1ccccc1Cl)Nc1ccc([N+](=O)[O-])cc1Cl. The van der Waals surface area contributed by atoms with Crippen molar-refractivity contribution in [3.8, 4) is 0 Å². The van der Waals surface area contributed by atoms with Crippen molar-refractivity contribution in [2.75, 3.05) is 11.1 Å². The van der Waals surface area contributed by atoms with Crippen molar-refractivity contribution in [3.05, 3.63) is 62.6 Å². The third-order valence-electron chi connectivity index (χ3n) is 2.63. The Labute approximate surface area is 140 Å². The van der Waals surface area contributed by atoms with Gasteiger partial charge in [0.1, 0.15) is 0 Å². The molecule has 0 fully saturated rings. The predicted octanol–water partition coefficient (Wildman–Crippen LogP) is 4.63. The number of benzene rings is 2. The number of hydrogen-bond donors (Lipinski definition) is 1. The Morgan fingerprint density at radius 1 is 1.18 bits per heavy atom. The molecule has 0 aromatic heterocycles. The van der Waals surface area contributed by atoms with Gasteiger partial charge in [-0.25, -0.2) is 0 Å². The van der Waals surface area contributed by atoms with E-state index in [1.54, 1.807) is 6.07 Å². The summed E-state index contributed by atoms with van der Waals surface area (Å²) in [4.78, 5) is 22.8. The average molecular weight is 357 g/mol. The fourth-order valence-electron chi connectivity index (χ4n) is 1.61. The molecule has 0 saturated heterocycles. The zero-order valence-corrected chi connectivity index (χ0v) is 13.4. The van der Waals surface area contributed by atoms with E-state index in [1.165, 1.54) is 30.0 Å². The highest BCUT2D eigenvalue weighted by molar-refractivity contribution is 8.00. The lowest BCUT2D eigenvalue weighted by Crippen LogP contribution is -2.14. The molecule has 2 aromatic carbocycles. The van der Waals surface area contributed by atoms with Crippen LogP contribution in [0.25, 0.3) is 0 Å². The van der Waals surface area contributed by atoms with Crippen LogP contribution in [0.15, 0.2) is 47.4 Å². The molecule has 0 radical (unpaired) electrons. The second-order valence-electron chi connectivity index (χ2n) is 4.19. The Kier molecular flexibility index (Phi) is 5.65. The second-order valence-corrected chi connectivity index (χ2v) is 6.02. The third-order valence-corrected chi connectivity index (χ3v) is 4.46. The number of rotatable bonds is 5. The lowest BCUT2D eigenvalue weighted by molar-refractivity contribution is -0.384. The number of carbonyl (C=O) groups excluding carboxylic acids is 1. The number of thioether (sulfide) groups is 1. The predicted molar refractivity (Wildman–Crippen MR) is 88.9 cm³/mol. The van der Waals surface area contributed by atoms with E-state index < -0.39 is 4.92 Å². The third kappa shape index (κ3) is 4.37. The monoisotopic (exact) mass is 356 g/mol. The zero-order valence-electron chi connectivity index (χ0n) is 11.1. The van der Waals surface area contributed by atoms with Crippen LogP contribution in [-0.2, 0) is 4.79 Å². The largest absolute Gasteiger partial charge is 0.324 e. The molecule has 5 nitrogen and oxygen atoms in total. The van der Waals surface area contributed by atoms with E-state index in [1.807, 2.05) is 18.2 Å². The number of anilines is 1. The Bertz CT molecular complexity index is 725. The van der Waals surface area contributed by atoms with Gasteiger partial charge >= 0.3 is 0 Å². The first-order chi connectivity index (χ1) is 10.5. The minimum atomic E-state index is -0.551. The van der Waals surface area contributed by atoms with Gasteiger partial charge in [0.15, 0.2) is 0 Å². The molecule has 0 spiro atoms. The molecule has 22 heavy (non-hydrogen) atoms. The van der Waals surface area contributed by atoms with Crippen LogP contribution in [0, 0.1) is 10.1 Å². The molecule has 114 valence electrons. The van der Waals surface area contributed by atoms with Crippen LogP contribution in [0.1, 0.15) is 0 Å². The van der Waals surface area contributed by atoms with Crippen LogP contribution in [0.3, 0.4) is 0 Å². The first kappa shape index (κ1) is 16.6. The lowest BCUT2D eigenvalue weighted by atomic mass is 10.3. The summed E-state index contributed by atoms with van der Waals surface area (Å²) in [6.45, 7) is 0.